The second kappa shape index (κ2) is 11.2. The molecule has 0 saturated carbocycles. The molecule has 0 heterocycles. The molecule has 4 rings (SSSR count). The third kappa shape index (κ3) is 6.24. The molecule has 4 aromatic carbocycles. The Kier molecular flexibility index (Phi) is 7.58. The van der Waals surface area contributed by atoms with E-state index in [0.29, 0.717) is 28.4 Å². The number of amides is 2. The van der Waals surface area contributed by atoms with Crippen LogP contribution >= 0.6 is 11.6 Å². The van der Waals surface area contributed by atoms with E-state index in [1.165, 1.54) is 0 Å². The van der Waals surface area contributed by atoms with Crippen molar-refractivity contribution in [2.24, 2.45) is 0 Å². The molecule has 0 spiro atoms. The zero-order chi connectivity index (χ0) is 23.8. The number of carbonyl (C=O) groups excluding carboxylic acids is 2. The molecule has 2 amide bonds. The van der Waals surface area contributed by atoms with E-state index < -0.39 is 0 Å². The number of anilines is 4. The summed E-state index contributed by atoms with van der Waals surface area (Å²) in [5.41, 5.74) is 4.32. The Hall–Kier alpha value is -4.09. The van der Waals surface area contributed by atoms with Crippen LogP contribution in [0.3, 0.4) is 0 Å². The van der Waals surface area contributed by atoms with Gasteiger partial charge >= 0.3 is 0 Å². The lowest BCUT2D eigenvalue weighted by molar-refractivity contribution is -0.116. The normalized spacial score (nSPS) is 10.4. The highest BCUT2D eigenvalue weighted by molar-refractivity contribution is 6.31. The summed E-state index contributed by atoms with van der Waals surface area (Å²) >= 11 is 6.17. The quantitative estimate of drug-likeness (QED) is 0.262. The number of benzene rings is 4. The van der Waals surface area contributed by atoms with E-state index in [0.717, 1.165) is 16.9 Å². The Morgan fingerprint density at radius 2 is 1.26 bits per heavy atom. The molecule has 3 N–H and O–H groups in total. The third-order valence-corrected chi connectivity index (χ3v) is 5.60. The van der Waals surface area contributed by atoms with Gasteiger partial charge in [0.05, 0.1) is 11.3 Å². The summed E-state index contributed by atoms with van der Waals surface area (Å²) < 4.78 is 0. The van der Waals surface area contributed by atoms with E-state index >= 15 is 0 Å². The maximum Gasteiger partial charge on any atom is 0.257 e. The number of para-hydroxylation sites is 2. The number of carbonyl (C=O) groups is 2. The van der Waals surface area contributed by atoms with Gasteiger partial charge in [0.25, 0.3) is 5.91 Å². The molecule has 0 aliphatic carbocycles. The first-order chi connectivity index (χ1) is 16.6. The Balaban J connectivity index is 1.37. The van der Waals surface area contributed by atoms with E-state index in [1.807, 2.05) is 72.8 Å². The van der Waals surface area contributed by atoms with Crippen LogP contribution in [-0.2, 0) is 11.2 Å². The van der Waals surface area contributed by atoms with Crippen molar-refractivity contribution in [1.82, 2.24) is 0 Å². The summed E-state index contributed by atoms with van der Waals surface area (Å²) in [7, 11) is 0. The minimum atomic E-state index is -0.300. The van der Waals surface area contributed by atoms with E-state index in [1.54, 1.807) is 30.3 Å². The maximum absolute atomic E-state index is 12.9. The molecule has 0 unspecified atom stereocenters. The van der Waals surface area contributed by atoms with Crippen molar-refractivity contribution in [3.63, 3.8) is 0 Å². The average molecular weight is 470 g/mol. The van der Waals surface area contributed by atoms with Crippen LogP contribution in [0.4, 0.5) is 22.7 Å². The molecule has 0 aliphatic heterocycles. The number of hydrogen-bond donors (Lipinski definition) is 3. The van der Waals surface area contributed by atoms with Crippen molar-refractivity contribution < 1.29 is 9.59 Å². The van der Waals surface area contributed by atoms with Gasteiger partial charge in [-0.25, -0.2) is 0 Å². The highest BCUT2D eigenvalue weighted by Gasteiger charge is 2.14. The molecular formula is C28H24ClN3O2. The predicted molar refractivity (Wildman–Crippen MR) is 139 cm³/mol. The lowest BCUT2D eigenvalue weighted by atomic mass is 10.1. The zero-order valence-electron chi connectivity index (χ0n) is 18.4. The molecule has 34 heavy (non-hydrogen) atoms. The molecule has 0 aliphatic rings. The summed E-state index contributed by atoms with van der Waals surface area (Å²) in [5, 5.41) is 9.69. The zero-order valence-corrected chi connectivity index (χ0v) is 19.2. The van der Waals surface area contributed by atoms with Gasteiger partial charge in [-0.2, -0.15) is 0 Å². The van der Waals surface area contributed by atoms with Gasteiger partial charge in [0, 0.05) is 28.5 Å². The second-order valence-corrected chi connectivity index (χ2v) is 8.11. The average Bonchev–Trinajstić information content (AvgIpc) is 2.86. The standard InChI is InChI=1S/C28H24ClN3O2/c29-25-12-6-4-8-20(25)14-19-27(33)32-26-13-7-5-11-24(26)28(34)31-23-17-15-22(16-18-23)30-21-9-2-1-3-10-21/h1-13,15-18,30H,14,19H2,(H,31,34)(H,32,33). The van der Waals surface area contributed by atoms with Crippen LogP contribution in [0.15, 0.2) is 103 Å². The van der Waals surface area contributed by atoms with Crippen LogP contribution in [0, 0.1) is 0 Å². The number of aryl methyl sites for hydroxylation is 1. The van der Waals surface area contributed by atoms with Crippen LogP contribution < -0.4 is 16.0 Å². The first kappa shape index (κ1) is 23.1. The Morgan fingerprint density at radius 1 is 0.647 bits per heavy atom. The molecule has 0 atom stereocenters. The Morgan fingerprint density at radius 3 is 2.03 bits per heavy atom. The van der Waals surface area contributed by atoms with E-state index in [4.69, 9.17) is 11.6 Å². The lowest BCUT2D eigenvalue weighted by Crippen LogP contribution is -2.18. The van der Waals surface area contributed by atoms with E-state index in [-0.39, 0.29) is 18.2 Å². The van der Waals surface area contributed by atoms with Crippen molar-refractivity contribution >= 4 is 46.2 Å². The number of halogens is 1. The van der Waals surface area contributed by atoms with Gasteiger partial charge in [-0.15, -0.1) is 0 Å². The highest BCUT2D eigenvalue weighted by atomic mass is 35.5. The third-order valence-electron chi connectivity index (χ3n) is 5.23. The monoisotopic (exact) mass is 469 g/mol. The molecule has 4 aromatic rings. The summed E-state index contributed by atoms with van der Waals surface area (Å²) in [6, 6.07) is 31.7. The number of rotatable bonds is 8. The van der Waals surface area contributed by atoms with Gasteiger partial charge in [-0.05, 0) is 66.6 Å². The predicted octanol–water partition coefficient (Wildman–Crippen LogP) is 6.91. The Labute approximate surface area is 203 Å². The van der Waals surface area contributed by atoms with Crippen molar-refractivity contribution in [3.05, 3.63) is 119 Å². The molecule has 0 radical (unpaired) electrons. The minimum absolute atomic E-state index is 0.184. The molecule has 5 nitrogen and oxygen atoms in total. The van der Waals surface area contributed by atoms with Gasteiger partial charge in [0.1, 0.15) is 0 Å². The van der Waals surface area contributed by atoms with Gasteiger partial charge in [-0.1, -0.05) is 60.1 Å². The molecule has 170 valence electrons. The summed E-state index contributed by atoms with van der Waals surface area (Å²) in [6.45, 7) is 0. The molecule has 6 heteroatoms. The van der Waals surface area contributed by atoms with Gasteiger partial charge < -0.3 is 16.0 Å². The first-order valence-corrected chi connectivity index (χ1v) is 11.3. The summed E-state index contributed by atoms with van der Waals surface area (Å²) in [6.07, 6.45) is 0.777. The van der Waals surface area contributed by atoms with Crippen LogP contribution in [0.5, 0.6) is 0 Å². The molecule has 0 fully saturated rings. The lowest BCUT2D eigenvalue weighted by Gasteiger charge is -2.12. The first-order valence-electron chi connectivity index (χ1n) is 10.9. The van der Waals surface area contributed by atoms with E-state index in [2.05, 4.69) is 16.0 Å². The fourth-order valence-corrected chi connectivity index (χ4v) is 3.71. The molecule has 0 saturated heterocycles. The van der Waals surface area contributed by atoms with Gasteiger partial charge in [0.15, 0.2) is 0 Å². The summed E-state index contributed by atoms with van der Waals surface area (Å²) in [4.78, 5) is 25.4. The topological polar surface area (TPSA) is 70.2 Å². The number of nitrogens with one attached hydrogen (secondary N) is 3. The van der Waals surface area contributed by atoms with Crippen LogP contribution in [-0.4, -0.2) is 11.8 Å². The maximum atomic E-state index is 12.9. The second-order valence-electron chi connectivity index (χ2n) is 7.71. The summed E-state index contributed by atoms with van der Waals surface area (Å²) in [5.74, 6) is -0.484. The SMILES string of the molecule is O=C(CCc1ccccc1Cl)Nc1ccccc1C(=O)Nc1ccc(Nc2ccccc2)cc1. The van der Waals surface area contributed by atoms with Gasteiger partial charge in [-0.3, -0.25) is 9.59 Å². The van der Waals surface area contributed by atoms with Gasteiger partial charge in [0.2, 0.25) is 5.91 Å². The van der Waals surface area contributed by atoms with Crippen LogP contribution in [0.25, 0.3) is 0 Å². The van der Waals surface area contributed by atoms with Crippen molar-refractivity contribution in [1.29, 1.82) is 0 Å². The largest absolute Gasteiger partial charge is 0.356 e. The van der Waals surface area contributed by atoms with Crippen molar-refractivity contribution in [2.45, 2.75) is 12.8 Å². The minimum Gasteiger partial charge on any atom is -0.356 e. The molecule has 0 bridgehead atoms. The molecular weight excluding hydrogens is 446 g/mol. The van der Waals surface area contributed by atoms with Crippen molar-refractivity contribution in [3.8, 4) is 0 Å². The smallest absolute Gasteiger partial charge is 0.257 e. The fourth-order valence-electron chi connectivity index (χ4n) is 3.48. The van der Waals surface area contributed by atoms with Crippen LogP contribution in [0.1, 0.15) is 22.3 Å². The van der Waals surface area contributed by atoms with Crippen LogP contribution in [0.2, 0.25) is 5.02 Å². The highest BCUT2D eigenvalue weighted by Crippen LogP contribution is 2.22. The Bertz CT molecular complexity index is 1270. The van der Waals surface area contributed by atoms with Crippen molar-refractivity contribution in [2.75, 3.05) is 16.0 Å². The van der Waals surface area contributed by atoms with E-state index in [9.17, 15) is 9.59 Å². The molecule has 0 aromatic heterocycles. The fraction of sp³-hybridized carbons (Fsp3) is 0.0714. The number of hydrogen-bond acceptors (Lipinski definition) is 3.